The average Bonchev–Trinajstić information content (AvgIpc) is 2.80. The van der Waals surface area contributed by atoms with Crippen LogP contribution in [-0.4, -0.2) is 27.4 Å². The first-order valence-corrected chi connectivity index (χ1v) is 6.03. The number of aromatic amines is 1. The van der Waals surface area contributed by atoms with Crippen molar-refractivity contribution in [3.8, 4) is 17.0 Å². The lowest BCUT2D eigenvalue weighted by Gasteiger charge is -2.13. The zero-order valence-corrected chi connectivity index (χ0v) is 11.1. The second-order valence-electron chi connectivity index (χ2n) is 4.61. The Balaban J connectivity index is 2.39. The first kappa shape index (κ1) is 13.1. The van der Waals surface area contributed by atoms with Crippen molar-refractivity contribution in [2.24, 2.45) is 0 Å². The minimum Gasteiger partial charge on any atom is -0.491 e. The summed E-state index contributed by atoms with van der Waals surface area (Å²) in [6.07, 6.45) is 1.41. The molecule has 5 heteroatoms. The molecular formula is C14H16N2O3. The lowest BCUT2D eigenvalue weighted by atomic mass is 10.1. The molecule has 0 saturated heterocycles. The highest BCUT2D eigenvalue weighted by atomic mass is 16.5. The molecule has 19 heavy (non-hydrogen) atoms. The lowest BCUT2D eigenvalue weighted by Crippen LogP contribution is -2.06. The number of H-pyrrole nitrogens is 1. The third kappa shape index (κ3) is 2.76. The maximum atomic E-state index is 11.1. The Hall–Kier alpha value is -2.30. The van der Waals surface area contributed by atoms with E-state index in [1.165, 1.54) is 6.20 Å². The predicted molar refractivity (Wildman–Crippen MR) is 71.5 cm³/mol. The van der Waals surface area contributed by atoms with Gasteiger partial charge in [0.2, 0.25) is 0 Å². The van der Waals surface area contributed by atoms with E-state index in [1.807, 2.05) is 39.0 Å². The Morgan fingerprint density at radius 1 is 1.42 bits per heavy atom. The van der Waals surface area contributed by atoms with Crippen LogP contribution in [0.25, 0.3) is 11.3 Å². The van der Waals surface area contributed by atoms with Crippen LogP contribution >= 0.6 is 0 Å². The Morgan fingerprint density at radius 2 is 2.16 bits per heavy atom. The second-order valence-corrected chi connectivity index (χ2v) is 4.61. The Labute approximate surface area is 111 Å². The smallest absolute Gasteiger partial charge is 0.339 e. The van der Waals surface area contributed by atoms with Gasteiger partial charge in [0.1, 0.15) is 11.3 Å². The summed E-state index contributed by atoms with van der Waals surface area (Å²) in [5.74, 6) is -0.195. The van der Waals surface area contributed by atoms with Gasteiger partial charge >= 0.3 is 5.97 Å². The second kappa shape index (κ2) is 5.14. The number of aromatic nitrogens is 2. The number of nitrogens with zero attached hydrogens (tertiary/aromatic N) is 1. The zero-order valence-electron chi connectivity index (χ0n) is 11.1. The third-order valence-corrected chi connectivity index (χ3v) is 2.70. The van der Waals surface area contributed by atoms with Gasteiger partial charge in [0.15, 0.2) is 0 Å². The fourth-order valence-electron chi connectivity index (χ4n) is 1.86. The molecule has 0 unspecified atom stereocenters. The zero-order chi connectivity index (χ0) is 14.0. The van der Waals surface area contributed by atoms with Gasteiger partial charge < -0.3 is 9.84 Å². The summed E-state index contributed by atoms with van der Waals surface area (Å²) in [5, 5.41) is 15.6. The van der Waals surface area contributed by atoms with Crippen LogP contribution in [0.1, 0.15) is 29.8 Å². The molecule has 5 nitrogen and oxygen atoms in total. The van der Waals surface area contributed by atoms with Crippen molar-refractivity contribution < 1.29 is 14.6 Å². The lowest BCUT2D eigenvalue weighted by molar-refractivity contribution is 0.0698. The average molecular weight is 260 g/mol. The number of ether oxygens (including phenoxy) is 1. The highest BCUT2D eigenvalue weighted by Gasteiger charge is 2.15. The quantitative estimate of drug-likeness (QED) is 0.886. The van der Waals surface area contributed by atoms with Crippen LogP contribution in [0.3, 0.4) is 0 Å². The molecule has 0 atom stereocenters. The highest BCUT2D eigenvalue weighted by molar-refractivity contribution is 5.94. The number of carboxylic acids is 1. The Kier molecular flexibility index (Phi) is 3.55. The van der Waals surface area contributed by atoms with Crippen LogP contribution in [0.15, 0.2) is 24.4 Å². The van der Waals surface area contributed by atoms with Crippen LogP contribution in [0, 0.1) is 6.92 Å². The molecule has 0 amide bonds. The highest BCUT2D eigenvalue weighted by Crippen LogP contribution is 2.27. The number of aromatic carboxylic acids is 1. The van der Waals surface area contributed by atoms with Gasteiger partial charge in [-0.3, -0.25) is 5.10 Å². The number of carbonyl (C=O) groups is 1. The van der Waals surface area contributed by atoms with Gasteiger partial charge in [-0.1, -0.05) is 0 Å². The monoisotopic (exact) mass is 260 g/mol. The molecule has 0 saturated carbocycles. The van der Waals surface area contributed by atoms with Crippen molar-refractivity contribution in [2.75, 3.05) is 0 Å². The standard InChI is InChI=1S/C14H16N2O3/c1-8(2)19-12-5-4-10(6-9(12)3)13-11(14(17)18)7-15-16-13/h4-8H,1-3H3,(H,15,16)(H,17,18). The predicted octanol–water partition coefficient (Wildman–Crippen LogP) is 2.87. The van der Waals surface area contributed by atoms with Gasteiger partial charge in [0.05, 0.1) is 18.0 Å². The largest absolute Gasteiger partial charge is 0.491 e. The van der Waals surface area contributed by atoms with E-state index in [1.54, 1.807) is 0 Å². The van der Waals surface area contributed by atoms with Crippen molar-refractivity contribution >= 4 is 5.97 Å². The van der Waals surface area contributed by atoms with E-state index >= 15 is 0 Å². The topological polar surface area (TPSA) is 75.2 Å². The van der Waals surface area contributed by atoms with Crippen molar-refractivity contribution in [3.63, 3.8) is 0 Å². The fourth-order valence-corrected chi connectivity index (χ4v) is 1.86. The molecule has 0 bridgehead atoms. The normalized spacial score (nSPS) is 10.7. The summed E-state index contributed by atoms with van der Waals surface area (Å²) in [7, 11) is 0. The SMILES string of the molecule is Cc1cc(-c2[nH]ncc2C(=O)O)ccc1OC(C)C. The molecule has 100 valence electrons. The van der Waals surface area contributed by atoms with E-state index in [0.717, 1.165) is 16.9 Å². The molecule has 0 aliphatic rings. The summed E-state index contributed by atoms with van der Waals surface area (Å²) in [6, 6.07) is 5.56. The van der Waals surface area contributed by atoms with Gasteiger partial charge in [0.25, 0.3) is 0 Å². The molecule has 2 aromatic rings. The minimum atomic E-state index is -0.996. The summed E-state index contributed by atoms with van der Waals surface area (Å²) >= 11 is 0. The maximum Gasteiger partial charge on any atom is 0.339 e. The van der Waals surface area contributed by atoms with Crippen LogP contribution in [0.2, 0.25) is 0 Å². The number of carboxylic acid groups (broad SMARTS) is 1. The Bertz CT molecular complexity index is 602. The number of hydrogen-bond acceptors (Lipinski definition) is 3. The van der Waals surface area contributed by atoms with Crippen molar-refractivity contribution in [2.45, 2.75) is 26.9 Å². The third-order valence-electron chi connectivity index (χ3n) is 2.70. The van der Waals surface area contributed by atoms with Gasteiger partial charge in [-0.15, -0.1) is 0 Å². The molecule has 1 aromatic heterocycles. The van der Waals surface area contributed by atoms with Crippen molar-refractivity contribution in [1.29, 1.82) is 0 Å². The number of rotatable bonds is 4. The first-order valence-electron chi connectivity index (χ1n) is 6.03. The summed E-state index contributed by atoms with van der Waals surface area (Å²) in [5.41, 5.74) is 2.41. The Morgan fingerprint density at radius 3 is 2.74 bits per heavy atom. The van der Waals surface area contributed by atoms with Crippen molar-refractivity contribution in [3.05, 3.63) is 35.5 Å². The summed E-state index contributed by atoms with van der Waals surface area (Å²) < 4.78 is 5.65. The minimum absolute atomic E-state index is 0.103. The van der Waals surface area contributed by atoms with E-state index in [9.17, 15) is 4.79 Å². The molecule has 1 aromatic carbocycles. The number of aryl methyl sites for hydroxylation is 1. The van der Waals surface area contributed by atoms with Crippen LogP contribution < -0.4 is 4.74 Å². The van der Waals surface area contributed by atoms with E-state index in [-0.39, 0.29) is 11.7 Å². The van der Waals surface area contributed by atoms with E-state index < -0.39 is 5.97 Å². The number of hydrogen-bond donors (Lipinski definition) is 2. The van der Waals surface area contributed by atoms with Crippen molar-refractivity contribution in [1.82, 2.24) is 10.2 Å². The molecule has 0 radical (unpaired) electrons. The summed E-state index contributed by atoms with van der Waals surface area (Å²) in [4.78, 5) is 11.1. The van der Waals surface area contributed by atoms with E-state index in [4.69, 9.17) is 9.84 Å². The van der Waals surface area contributed by atoms with E-state index in [2.05, 4.69) is 10.2 Å². The molecular weight excluding hydrogens is 244 g/mol. The van der Waals surface area contributed by atoms with Gasteiger partial charge in [0, 0.05) is 5.56 Å². The number of benzene rings is 1. The molecule has 2 rings (SSSR count). The van der Waals surface area contributed by atoms with Crippen LogP contribution in [-0.2, 0) is 0 Å². The molecule has 0 spiro atoms. The van der Waals surface area contributed by atoms with Crippen LogP contribution in [0.4, 0.5) is 0 Å². The van der Waals surface area contributed by atoms with Gasteiger partial charge in [-0.25, -0.2) is 4.79 Å². The molecule has 2 N–H and O–H groups in total. The fraction of sp³-hybridized carbons (Fsp3) is 0.286. The molecule has 0 aliphatic carbocycles. The van der Waals surface area contributed by atoms with Gasteiger partial charge in [-0.2, -0.15) is 5.10 Å². The summed E-state index contributed by atoms with van der Waals surface area (Å²) in [6.45, 7) is 5.85. The molecule has 0 aliphatic heterocycles. The molecule has 1 heterocycles. The van der Waals surface area contributed by atoms with Crippen LogP contribution in [0.5, 0.6) is 5.75 Å². The van der Waals surface area contributed by atoms with E-state index in [0.29, 0.717) is 5.69 Å². The number of nitrogens with one attached hydrogen (secondary N) is 1. The first-order chi connectivity index (χ1) is 8.99. The molecule has 0 fully saturated rings. The maximum absolute atomic E-state index is 11.1. The van der Waals surface area contributed by atoms with Gasteiger partial charge in [-0.05, 0) is 44.5 Å².